The number of rotatable bonds is 6. The largest absolute Gasteiger partial charge is 0.354 e. The third-order valence-electron chi connectivity index (χ3n) is 5.21. The number of hydrogen-bond acceptors (Lipinski definition) is 3. The predicted octanol–water partition coefficient (Wildman–Crippen LogP) is 2.78. The Morgan fingerprint density at radius 2 is 1.67 bits per heavy atom. The van der Waals surface area contributed by atoms with Crippen molar-refractivity contribution in [1.29, 1.82) is 0 Å². The first-order valence-corrected chi connectivity index (χ1v) is 9.51. The molecule has 3 rings (SSSR count). The molecular formula is C22H28FN3O. The minimum atomic E-state index is -0.284. The van der Waals surface area contributed by atoms with Gasteiger partial charge < -0.3 is 10.2 Å². The van der Waals surface area contributed by atoms with Gasteiger partial charge in [0, 0.05) is 32.7 Å². The highest BCUT2D eigenvalue weighted by Crippen LogP contribution is 2.22. The van der Waals surface area contributed by atoms with E-state index in [9.17, 15) is 9.18 Å². The highest BCUT2D eigenvalue weighted by molar-refractivity contribution is 5.78. The van der Waals surface area contributed by atoms with Gasteiger partial charge in [-0.15, -0.1) is 0 Å². The summed E-state index contributed by atoms with van der Waals surface area (Å²) in [6.07, 6.45) is 0.267. The molecule has 2 aromatic rings. The highest BCUT2D eigenvalue weighted by atomic mass is 19.1. The molecule has 5 heteroatoms. The summed E-state index contributed by atoms with van der Waals surface area (Å²) in [4.78, 5) is 17.2. The van der Waals surface area contributed by atoms with Crippen molar-refractivity contribution in [2.24, 2.45) is 0 Å². The normalized spacial score (nSPS) is 16.9. The Labute approximate surface area is 161 Å². The topological polar surface area (TPSA) is 35.6 Å². The van der Waals surface area contributed by atoms with E-state index in [1.807, 2.05) is 0 Å². The standard InChI is InChI=1S/C22H28FN3O/c1-17-3-7-19(8-4-17)21(26-13-11-25(2)12-14-26)16-24-22(27)15-18-5-9-20(23)10-6-18/h3-10,21H,11-16H2,1-2H3,(H,24,27). The maximum absolute atomic E-state index is 13.0. The van der Waals surface area contributed by atoms with Gasteiger partial charge in [0.2, 0.25) is 5.91 Å². The van der Waals surface area contributed by atoms with E-state index < -0.39 is 0 Å². The molecule has 1 saturated heterocycles. The molecular weight excluding hydrogens is 341 g/mol. The van der Waals surface area contributed by atoms with Gasteiger partial charge >= 0.3 is 0 Å². The van der Waals surface area contributed by atoms with Crippen molar-refractivity contribution in [2.45, 2.75) is 19.4 Å². The van der Waals surface area contributed by atoms with Crippen molar-refractivity contribution in [3.8, 4) is 0 Å². The highest BCUT2D eigenvalue weighted by Gasteiger charge is 2.24. The average Bonchev–Trinajstić information content (AvgIpc) is 2.66. The predicted molar refractivity (Wildman–Crippen MR) is 106 cm³/mol. The summed E-state index contributed by atoms with van der Waals surface area (Å²) in [7, 11) is 2.14. The second kappa shape index (κ2) is 9.11. The summed E-state index contributed by atoms with van der Waals surface area (Å²) < 4.78 is 13.0. The Morgan fingerprint density at radius 1 is 1.04 bits per heavy atom. The fourth-order valence-electron chi connectivity index (χ4n) is 3.44. The van der Waals surface area contributed by atoms with Crippen molar-refractivity contribution in [1.82, 2.24) is 15.1 Å². The van der Waals surface area contributed by atoms with Crippen molar-refractivity contribution < 1.29 is 9.18 Å². The van der Waals surface area contributed by atoms with Gasteiger partial charge in [-0.25, -0.2) is 4.39 Å². The van der Waals surface area contributed by atoms with Gasteiger partial charge in [0.15, 0.2) is 0 Å². The number of carbonyl (C=O) groups is 1. The van der Waals surface area contributed by atoms with Crippen LogP contribution >= 0.6 is 0 Å². The first kappa shape index (κ1) is 19.5. The lowest BCUT2D eigenvalue weighted by Crippen LogP contribution is -2.48. The molecule has 1 amide bonds. The van der Waals surface area contributed by atoms with Crippen molar-refractivity contribution in [3.63, 3.8) is 0 Å². The number of amides is 1. The number of nitrogens with zero attached hydrogens (tertiary/aromatic N) is 2. The molecule has 2 aromatic carbocycles. The van der Waals surface area contributed by atoms with Gasteiger partial charge in [-0.05, 0) is 37.2 Å². The van der Waals surface area contributed by atoms with E-state index in [1.54, 1.807) is 12.1 Å². The molecule has 0 bridgehead atoms. The van der Waals surface area contributed by atoms with E-state index in [0.29, 0.717) is 6.54 Å². The van der Waals surface area contributed by atoms with E-state index in [1.165, 1.54) is 23.3 Å². The van der Waals surface area contributed by atoms with Crippen LogP contribution in [-0.2, 0) is 11.2 Å². The summed E-state index contributed by atoms with van der Waals surface area (Å²) >= 11 is 0. The number of aryl methyl sites for hydroxylation is 1. The monoisotopic (exact) mass is 369 g/mol. The van der Waals surface area contributed by atoms with Gasteiger partial charge in [0.1, 0.15) is 5.82 Å². The number of carbonyl (C=O) groups excluding carboxylic acids is 1. The zero-order valence-electron chi connectivity index (χ0n) is 16.1. The molecule has 0 radical (unpaired) electrons. The molecule has 4 nitrogen and oxygen atoms in total. The molecule has 144 valence electrons. The van der Waals surface area contributed by atoms with Crippen LogP contribution in [0.3, 0.4) is 0 Å². The number of piperazine rings is 1. The van der Waals surface area contributed by atoms with Gasteiger partial charge in [-0.2, -0.15) is 0 Å². The molecule has 0 saturated carbocycles. The van der Waals surface area contributed by atoms with Gasteiger partial charge in [0.25, 0.3) is 0 Å². The summed E-state index contributed by atoms with van der Waals surface area (Å²) in [5.74, 6) is -0.318. The Morgan fingerprint density at radius 3 is 2.30 bits per heavy atom. The molecule has 0 aromatic heterocycles. The number of likely N-dealkylation sites (N-methyl/N-ethyl adjacent to an activating group) is 1. The summed E-state index contributed by atoms with van der Waals surface area (Å²) in [6.45, 7) is 6.70. The third kappa shape index (κ3) is 5.62. The molecule has 1 fully saturated rings. The Balaban J connectivity index is 1.64. The van der Waals surface area contributed by atoms with E-state index in [-0.39, 0.29) is 24.2 Å². The second-order valence-electron chi connectivity index (χ2n) is 7.37. The van der Waals surface area contributed by atoms with Crippen LogP contribution in [0, 0.1) is 12.7 Å². The Bertz CT molecular complexity index is 737. The van der Waals surface area contributed by atoms with Crippen LogP contribution in [0.4, 0.5) is 4.39 Å². The molecule has 1 N–H and O–H groups in total. The fourth-order valence-corrected chi connectivity index (χ4v) is 3.44. The Kier molecular flexibility index (Phi) is 6.58. The first-order valence-electron chi connectivity index (χ1n) is 9.51. The van der Waals surface area contributed by atoms with Crippen LogP contribution in [0.5, 0.6) is 0 Å². The van der Waals surface area contributed by atoms with Gasteiger partial charge in [0.05, 0.1) is 12.5 Å². The number of hydrogen-bond donors (Lipinski definition) is 1. The molecule has 1 unspecified atom stereocenters. The summed E-state index contributed by atoms with van der Waals surface area (Å²) in [5, 5.41) is 3.08. The first-order chi connectivity index (χ1) is 13.0. The maximum atomic E-state index is 13.0. The minimum Gasteiger partial charge on any atom is -0.354 e. The van der Waals surface area contributed by atoms with Gasteiger partial charge in [-0.3, -0.25) is 9.69 Å². The molecule has 1 atom stereocenters. The zero-order valence-corrected chi connectivity index (χ0v) is 16.1. The lowest BCUT2D eigenvalue weighted by molar-refractivity contribution is -0.120. The zero-order chi connectivity index (χ0) is 19.2. The van der Waals surface area contributed by atoms with Crippen LogP contribution in [0.15, 0.2) is 48.5 Å². The SMILES string of the molecule is Cc1ccc(C(CNC(=O)Cc2ccc(F)cc2)N2CCN(C)CC2)cc1. The molecule has 1 aliphatic rings. The average molecular weight is 369 g/mol. The molecule has 27 heavy (non-hydrogen) atoms. The van der Waals surface area contributed by atoms with E-state index in [0.717, 1.165) is 31.7 Å². The van der Waals surface area contributed by atoms with Gasteiger partial charge in [-0.1, -0.05) is 42.0 Å². The van der Waals surface area contributed by atoms with E-state index in [2.05, 4.69) is 53.4 Å². The van der Waals surface area contributed by atoms with Crippen LogP contribution in [-0.4, -0.2) is 55.5 Å². The lowest BCUT2D eigenvalue weighted by atomic mass is 10.0. The van der Waals surface area contributed by atoms with Crippen LogP contribution in [0.2, 0.25) is 0 Å². The summed E-state index contributed by atoms with van der Waals surface area (Å²) in [5.41, 5.74) is 3.28. The number of nitrogens with one attached hydrogen (secondary N) is 1. The van der Waals surface area contributed by atoms with Crippen molar-refractivity contribution >= 4 is 5.91 Å². The fraction of sp³-hybridized carbons (Fsp3) is 0.409. The van der Waals surface area contributed by atoms with Crippen LogP contribution in [0.25, 0.3) is 0 Å². The summed E-state index contributed by atoms with van der Waals surface area (Å²) in [6, 6.07) is 14.8. The van der Waals surface area contributed by atoms with Crippen LogP contribution < -0.4 is 5.32 Å². The molecule has 0 spiro atoms. The van der Waals surface area contributed by atoms with Crippen LogP contribution in [0.1, 0.15) is 22.7 Å². The number of halogens is 1. The smallest absolute Gasteiger partial charge is 0.224 e. The molecule has 1 heterocycles. The Hall–Kier alpha value is -2.24. The molecule has 1 aliphatic heterocycles. The molecule has 0 aliphatic carbocycles. The van der Waals surface area contributed by atoms with Crippen molar-refractivity contribution in [3.05, 3.63) is 71.0 Å². The van der Waals surface area contributed by atoms with Crippen molar-refractivity contribution in [2.75, 3.05) is 39.8 Å². The lowest BCUT2D eigenvalue weighted by Gasteiger charge is -2.38. The third-order valence-corrected chi connectivity index (χ3v) is 5.21. The quantitative estimate of drug-likeness (QED) is 0.851. The van der Waals surface area contributed by atoms with E-state index >= 15 is 0 Å². The number of benzene rings is 2. The maximum Gasteiger partial charge on any atom is 0.224 e. The van der Waals surface area contributed by atoms with E-state index in [4.69, 9.17) is 0 Å². The second-order valence-corrected chi connectivity index (χ2v) is 7.37. The minimum absolute atomic E-state index is 0.0344.